The predicted molar refractivity (Wildman–Crippen MR) is 82.0 cm³/mol. The van der Waals surface area contributed by atoms with Crippen LogP contribution >= 0.6 is 0 Å². The molecule has 0 spiro atoms. The van der Waals surface area contributed by atoms with Crippen LogP contribution in [0.1, 0.15) is 68.2 Å². The van der Waals surface area contributed by atoms with Crippen molar-refractivity contribution in [3.63, 3.8) is 0 Å². The number of hydrogen-bond donors (Lipinski definition) is 1. The molecule has 3 rings (SSSR count). The topological polar surface area (TPSA) is 37.8 Å². The molecule has 1 aromatic heterocycles. The molecule has 0 aliphatic heterocycles. The normalized spacial score (nSPS) is 22.7. The van der Waals surface area contributed by atoms with Crippen LogP contribution in [0.2, 0.25) is 0 Å². The van der Waals surface area contributed by atoms with E-state index in [4.69, 9.17) is 9.97 Å². The van der Waals surface area contributed by atoms with E-state index in [0.717, 1.165) is 31.1 Å². The molecule has 2 aliphatic carbocycles. The lowest BCUT2D eigenvalue weighted by molar-refractivity contribution is 0.384. The summed E-state index contributed by atoms with van der Waals surface area (Å²) in [4.78, 5) is 9.70. The van der Waals surface area contributed by atoms with Gasteiger partial charge >= 0.3 is 0 Å². The second-order valence-electron chi connectivity index (χ2n) is 6.89. The SMILES string of the molecule is Cc1nc(C2CCC2)nc2c1CC(CNC(C)C)CC2. The van der Waals surface area contributed by atoms with Crippen LogP contribution in [0.25, 0.3) is 0 Å². The van der Waals surface area contributed by atoms with Gasteiger partial charge in [0.2, 0.25) is 0 Å². The minimum Gasteiger partial charge on any atom is -0.314 e. The van der Waals surface area contributed by atoms with Crippen molar-refractivity contribution in [1.82, 2.24) is 15.3 Å². The molecular formula is C17H27N3. The number of nitrogens with one attached hydrogen (secondary N) is 1. The summed E-state index contributed by atoms with van der Waals surface area (Å²) in [5, 5.41) is 3.57. The summed E-state index contributed by atoms with van der Waals surface area (Å²) in [5.41, 5.74) is 4.03. The molecule has 0 saturated heterocycles. The van der Waals surface area contributed by atoms with Crippen LogP contribution in [0.15, 0.2) is 0 Å². The van der Waals surface area contributed by atoms with Gasteiger partial charge in [-0.3, -0.25) is 0 Å². The van der Waals surface area contributed by atoms with E-state index in [0.29, 0.717) is 12.0 Å². The van der Waals surface area contributed by atoms with E-state index >= 15 is 0 Å². The van der Waals surface area contributed by atoms with Crippen molar-refractivity contribution < 1.29 is 0 Å². The fourth-order valence-electron chi connectivity index (χ4n) is 3.31. The maximum Gasteiger partial charge on any atom is 0.131 e. The molecule has 0 amide bonds. The smallest absolute Gasteiger partial charge is 0.131 e. The minimum absolute atomic E-state index is 0.578. The summed E-state index contributed by atoms with van der Waals surface area (Å²) in [7, 11) is 0. The number of hydrogen-bond acceptors (Lipinski definition) is 3. The van der Waals surface area contributed by atoms with E-state index in [2.05, 4.69) is 26.1 Å². The van der Waals surface area contributed by atoms with Crippen LogP contribution in [0.5, 0.6) is 0 Å². The largest absolute Gasteiger partial charge is 0.314 e. The number of fused-ring (bicyclic) bond motifs is 1. The van der Waals surface area contributed by atoms with Crippen LogP contribution in [0.4, 0.5) is 0 Å². The summed E-state index contributed by atoms with van der Waals surface area (Å²) >= 11 is 0. The molecule has 1 saturated carbocycles. The third kappa shape index (κ3) is 2.88. The number of aromatic nitrogens is 2. The molecule has 3 heteroatoms. The van der Waals surface area contributed by atoms with Gasteiger partial charge in [-0.15, -0.1) is 0 Å². The van der Waals surface area contributed by atoms with Gasteiger partial charge < -0.3 is 5.32 Å². The molecule has 1 N–H and O–H groups in total. The van der Waals surface area contributed by atoms with E-state index in [1.807, 2.05) is 0 Å². The predicted octanol–water partition coefficient (Wildman–Crippen LogP) is 3.16. The van der Waals surface area contributed by atoms with Crippen LogP contribution < -0.4 is 5.32 Å². The Bertz CT molecular complexity index is 477. The van der Waals surface area contributed by atoms with Crippen molar-refractivity contribution >= 4 is 0 Å². The van der Waals surface area contributed by atoms with Gasteiger partial charge in [0, 0.05) is 23.3 Å². The van der Waals surface area contributed by atoms with Gasteiger partial charge in [0.05, 0.1) is 0 Å². The Balaban J connectivity index is 1.73. The number of nitrogens with zero attached hydrogens (tertiary/aromatic N) is 2. The first-order chi connectivity index (χ1) is 9.63. The number of rotatable bonds is 4. The van der Waals surface area contributed by atoms with Crippen LogP contribution in [-0.4, -0.2) is 22.6 Å². The molecule has 3 nitrogen and oxygen atoms in total. The minimum atomic E-state index is 0.578. The van der Waals surface area contributed by atoms with E-state index in [9.17, 15) is 0 Å². The zero-order chi connectivity index (χ0) is 14.1. The lowest BCUT2D eigenvalue weighted by Gasteiger charge is -2.29. The maximum absolute atomic E-state index is 4.89. The zero-order valence-electron chi connectivity index (χ0n) is 13.1. The first kappa shape index (κ1) is 14.0. The molecule has 0 bridgehead atoms. The third-order valence-electron chi connectivity index (χ3n) is 4.88. The number of aryl methyl sites for hydroxylation is 2. The molecular weight excluding hydrogens is 246 g/mol. The Morgan fingerprint density at radius 2 is 2.00 bits per heavy atom. The van der Waals surface area contributed by atoms with Crippen molar-refractivity contribution in [1.29, 1.82) is 0 Å². The van der Waals surface area contributed by atoms with Gasteiger partial charge in [-0.25, -0.2) is 9.97 Å². The Hall–Kier alpha value is -0.960. The highest BCUT2D eigenvalue weighted by atomic mass is 14.9. The van der Waals surface area contributed by atoms with Gasteiger partial charge in [0.15, 0.2) is 0 Å². The molecule has 1 fully saturated rings. The highest BCUT2D eigenvalue weighted by Gasteiger charge is 2.27. The van der Waals surface area contributed by atoms with Gasteiger partial charge in [0.1, 0.15) is 5.82 Å². The molecule has 1 atom stereocenters. The quantitative estimate of drug-likeness (QED) is 0.915. The van der Waals surface area contributed by atoms with Crippen LogP contribution in [-0.2, 0) is 12.8 Å². The summed E-state index contributed by atoms with van der Waals surface area (Å²) in [5.74, 6) is 2.53. The van der Waals surface area contributed by atoms with Crippen molar-refractivity contribution in [2.75, 3.05) is 6.54 Å². The summed E-state index contributed by atoms with van der Waals surface area (Å²) in [6, 6.07) is 0.578. The Labute approximate surface area is 122 Å². The van der Waals surface area contributed by atoms with Crippen LogP contribution in [0.3, 0.4) is 0 Å². The lowest BCUT2D eigenvalue weighted by atomic mass is 9.83. The molecule has 1 unspecified atom stereocenters. The monoisotopic (exact) mass is 273 g/mol. The standard InChI is InChI=1S/C17H27N3/c1-11(2)18-10-13-7-8-16-15(9-13)12(3)19-17(20-16)14-5-4-6-14/h11,13-14,18H,4-10H2,1-3H3. The van der Waals surface area contributed by atoms with Crippen molar-refractivity contribution in [3.05, 3.63) is 22.8 Å². The second-order valence-corrected chi connectivity index (χ2v) is 6.89. The highest BCUT2D eigenvalue weighted by Crippen LogP contribution is 2.36. The third-order valence-corrected chi connectivity index (χ3v) is 4.88. The fourth-order valence-corrected chi connectivity index (χ4v) is 3.31. The van der Waals surface area contributed by atoms with Crippen molar-refractivity contribution in [2.45, 2.75) is 71.3 Å². The maximum atomic E-state index is 4.89. The molecule has 1 aromatic rings. The molecule has 2 aliphatic rings. The second kappa shape index (κ2) is 5.80. The van der Waals surface area contributed by atoms with Gasteiger partial charge in [0.25, 0.3) is 0 Å². The van der Waals surface area contributed by atoms with E-state index in [-0.39, 0.29) is 0 Å². The van der Waals surface area contributed by atoms with Crippen molar-refractivity contribution in [3.8, 4) is 0 Å². The summed E-state index contributed by atoms with van der Waals surface area (Å²) in [6.07, 6.45) is 7.51. The average Bonchev–Trinajstić information content (AvgIpc) is 2.34. The van der Waals surface area contributed by atoms with Crippen LogP contribution in [0, 0.1) is 12.8 Å². The Morgan fingerprint density at radius 1 is 1.20 bits per heavy atom. The molecule has 0 radical (unpaired) electrons. The average molecular weight is 273 g/mol. The van der Waals surface area contributed by atoms with E-state index < -0.39 is 0 Å². The van der Waals surface area contributed by atoms with Gasteiger partial charge in [-0.2, -0.15) is 0 Å². The Kier molecular flexibility index (Phi) is 4.06. The first-order valence-electron chi connectivity index (χ1n) is 8.23. The summed E-state index contributed by atoms with van der Waals surface area (Å²) < 4.78 is 0. The van der Waals surface area contributed by atoms with Gasteiger partial charge in [-0.05, 0) is 57.1 Å². The first-order valence-corrected chi connectivity index (χ1v) is 8.23. The molecule has 0 aromatic carbocycles. The lowest BCUT2D eigenvalue weighted by Crippen LogP contribution is -2.32. The summed E-state index contributed by atoms with van der Waals surface area (Å²) in [6.45, 7) is 7.74. The van der Waals surface area contributed by atoms with Gasteiger partial charge in [-0.1, -0.05) is 20.3 Å². The Morgan fingerprint density at radius 3 is 2.65 bits per heavy atom. The fraction of sp³-hybridized carbons (Fsp3) is 0.765. The van der Waals surface area contributed by atoms with Crippen molar-refractivity contribution in [2.24, 2.45) is 5.92 Å². The van der Waals surface area contributed by atoms with E-state index in [1.54, 1.807) is 0 Å². The zero-order valence-corrected chi connectivity index (χ0v) is 13.1. The molecule has 110 valence electrons. The highest BCUT2D eigenvalue weighted by molar-refractivity contribution is 5.29. The van der Waals surface area contributed by atoms with E-state index in [1.165, 1.54) is 42.6 Å². The molecule has 20 heavy (non-hydrogen) atoms. The molecule has 1 heterocycles.